The maximum absolute atomic E-state index is 15.4. The van der Waals surface area contributed by atoms with Gasteiger partial charge in [-0.25, -0.2) is 9.59 Å². The number of amides is 1. The molecule has 0 saturated heterocycles. The maximum Gasteiger partial charge on any atom is 0.338 e. The van der Waals surface area contributed by atoms with Crippen LogP contribution in [0.25, 0.3) is 0 Å². The van der Waals surface area contributed by atoms with Gasteiger partial charge in [0.25, 0.3) is 5.91 Å². The molecule has 0 radical (unpaired) electrons. The number of carbonyl (C=O) groups is 6. The van der Waals surface area contributed by atoms with Crippen molar-refractivity contribution in [3.63, 3.8) is 0 Å². The summed E-state index contributed by atoms with van der Waals surface area (Å²) in [5.74, 6) is -8.18. The number of rotatable bonds is 10. The summed E-state index contributed by atoms with van der Waals surface area (Å²) in [5.41, 5.74) is -8.00. The van der Waals surface area contributed by atoms with Gasteiger partial charge in [0.15, 0.2) is 18.0 Å². The molecular formula is C43H53NO14. The molecule has 11 atom stereocenters. The van der Waals surface area contributed by atoms with Gasteiger partial charge >= 0.3 is 23.9 Å². The number of ether oxygens (including phenoxy) is 4. The second-order valence-corrected chi connectivity index (χ2v) is 16.5. The summed E-state index contributed by atoms with van der Waals surface area (Å²) in [7, 11) is 0. The van der Waals surface area contributed by atoms with Gasteiger partial charge in [-0.3, -0.25) is 19.2 Å². The number of Topliss-reactive ketones (excluding diaryl/α,β-unsaturated/α-hetero) is 1. The standard InChI is InChI=1S/C43H53NO14/c1-22-19-30(48)41(8)34(42(22,21-45)58-26(5)47)36(57-38(52)28-17-13-10-14-18-28)43(54)20-29(23(2)31(40(43,6)7)33(35(41)50)55-25(4)46)56-39(53)32(49)24(3)44-37(51)27-15-11-9-12-16-27/h9-18,22,24,29-30,32-34,36,45,48-49,54H,19-21H2,1-8H3,(H,44,51)/t22-,24+,29?,30+,32-,33-,34+,36+,41-,42+,43-/m1/s1. The van der Waals surface area contributed by atoms with Gasteiger partial charge in [0.1, 0.15) is 23.4 Å². The van der Waals surface area contributed by atoms with Crippen LogP contribution in [-0.4, -0.2) is 110 Å². The number of carbonyl (C=O) groups excluding carboxylic acids is 6. The Hall–Kier alpha value is -4.96. The zero-order valence-electron chi connectivity index (χ0n) is 33.9. The molecule has 314 valence electrons. The Morgan fingerprint density at radius 1 is 0.897 bits per heavy atom. The number of benzene rings is 2. The van der Waals surface area contributed by atoms with Crippen molar-refractivity contribution >= 4 is 35.6 Å². The summed E-state index contributed by atoms with van der Waals surface area (Å²) in [4.78, 5) is 82.0. The van der Waals surface area contributed by atoms with Crippen LogP contribution in [0.5, 0.6) is 0 Å². The van der Waals surface area contributed by atoms with Crippen molar-refractivity contribution in [1.82, 2.24) is 5.32 Å². The van der Waals surface area contributed by atoms with Crippen LogP contribution >= 0.6 is 0 Å². The topological polar surface area (TPSA) is 232 Å². The summed E-state index contributed by atoms with van der Waals surface area (Å²) in [6, 6.07) is 14.6. The van der Waals surface area contributed by atoms with Crippen molar-refractivity contribution in [3.8, 4) is 0 Å². The van der Waals surface area contributed by atoms with E-state index in [1.807, 2.05) is 0 Å². The number of aliphatic hydroxyl groups is 4. The van der Waals surface area contributed by atoms with Crippen LogP contribution < -0.4 is 5.32 Å². The predicted molar refractivity (Wildman–Crippen MR) is 204 cm³/mol. The molecule has 15 nitrogen and oxygen atoms in total. The number of aliphatic hydroxyl groups excluding tert-OH is 3. The smallest absolute Gasteiger partial charge is 0.338 e. The van der Waals surface area contributed by atoms with E-state index in [0.717, 1.165) is 13.8 Å². The van der Waals surface area contributed by atoms with Crippen molar-refractivity contribution in [2.75, 3.05) is 6.61 Å². The van der Waals surface area contributed by atoms with Crippen LogP contribution in [0.3, 0.4) is 0 Å². The minimum Gasteiger partial charge on any atom is -0.456 e. The lowest BCUT2D eigenvalue weighted by Crippen LogP contribution is -2.77. The highest BCUT2D eigenvalue weighted by Gasteiger charge is 2.75. The van der Waals surface area contributed by atoms with E-state index in [9.17, 15) is 44.4 Å². The number of ketones is 1. The van der Waals surface area contributed by atoms with Crippen molar-refractivity contribution in [2.24, 2.45) is 22.7 Å². The molecule has 2 aromatic rings. The molecule has 5 rings (SSSR count). The molecular weight excluding hydrogens is 754 g/mol. The summed E-state index contributed by atoms with van der Waals surface area (Å²) in [6.45, 7) is 10.00. The first kappa shape index (κ1) is 44.1. The molecule has 1 unspecified atom stereocenters. The lowest BCUT2D eigenvalue weighted by molar-refractivity contribution is -0.280. The quantitative estimate of drug-likeness (QED) is 0.132. The van der Waals surface area contributed by atoms with Crippen molar-refractivity contribution in [3.05, 3.63) is 82.9 Å². The summed E-state index contributed by atoms with van der Waals surface area (Å²) >= 11 is 0. The van der Waals surface area contributed by atoms with Gasteiger partial charge in [-0.2, -0.15) is 0 Å². The van der Waals surface area contributed by atoms with E-state index in [1.54, 1.807) is 55.5 Å². The number of hydrogen-bond donors (Lipinski definition) is 5. The molecule has 15 heteroatoms. The van der Waals surface area contributed by atoms with E-state index in [0.29, 0.717) is 0 Å². The van der Waals surface area contributed by atoms with Gasteiger partial charge in [-0.05, 0) is 62.6 Å². The van der Waals surface area contributed by atoms with Gasteiger partial charge in [0.05, 0.1) is 35.6 Å². The fraction of sp³-hybridized carbons (Fsp3) is 0.535. The third-order valence-corrected chi connectivity index (χ3v) is 12.7. The van der Waals surface area contributed by atoms with Crippen molar-refractivity contribution in [1.29, 1.82) is 0 Å². The summed E-state index contributed by atoms with van der Waals surface area (Å²) < 4.78 is 23.9. The Morgan fingerprint density at radius 2 is 1.47 bits per heavy atom. The molecule has 58 heavy (non-hydrogen) atoms. The average molecular weight is 808 g/mol. The zero-order chi connectivity index (χ0) is 43.1. The average Bonchev–Trinajstić information content (AvgIpc) is 3.17. The fourth-order valence-electron chi connectivity index (χ4n) is 9.40. The minimum atomic E-state index is -2.45. The van der Waals surface area contributed by atoms with E-state index in [4.69, 9.17) is 18.9 Å². The molecule has 2 bridgehead atoms. The molecule has 0 aliphatic heterocycles. The largest absolute Gasteiger partial charge is 0.456 e. The Balaban J connectivity index is 1.73. The SMILES string of the molecule is CC(=O)O[C@H]1C(=O)[C@@]2(C)[C@H]([C@H](OC(=O)c3ccccc3)[C@]3(O)CC(OC(=O)[C@H](O)[C@H](C)NC(=O)c4ccccc4)C(C)=C1C3(C)C)[C@@](CO)(OC(C)=O)[C@H](C)C[C@@H]2O. The lowest BCUT2D eigenvalue weighted by Gasteiger charge is -2.64. The highest BCUT2D eigenvalue weighted by atomic mass is 16.6. The van der Waals surface area contributed by atoms with Gasteiger partial charge in [0.2, 0.25) is 0 Å². The van der Waals surface area contributed by atoms with Crippen LogP contribution in [0.4, 0.5) is 0 Å². The highest BCUT2D eigenvalue weighted by molar-refractivity contribution is 5.96. The molecule has 1 amide bonds. The molecule has 0 heterocycles. The zero-order valence-corrected chi connectivity index (χ0v) is 33.9. The molecule has 5 N–H and O–H groups in total. The number of nitrogens with one attached hydrogen (secondary N) is 1. The van der Waals surface area contributed by atoms with Crippen LogP contribution in [0.1, 0.15) is 88.9 Å². The number of esters is 4. The number of hydrogen-bond acceptors (Lipinski definition) is 14. The van der Waals surface area contributed by atoms with Gasteiger partial charge in [0, 0.05) is 37.2 Å². The van der Waals surface area contributed by atoms with Crippen molar-refractivity contribution in [2.45, 2.75) is 116 Å². The molecule has 3 aliphatic rings. The highest BCUT2D eigenvalue weighted by Crippen LogP contribution is 2.63. The second kappa shape index (κ2) is 16.4. The van der Waals surface area contributed by atoms with E-state index in [1.165, 1.54) is 46.8 Å². The first-order chi connectivity index (χ1) is 27.1. The minimum absolute atomic E-state index is 0.0312. The van der Waals surface area contributed by atoms with E-state index in [-0.39, 0.29) is 28.7 Å². The van der Waals surface area contributed by atoms with Crippen LogP contribution in [0, 0.1) is 22.7 Å². The Bertz CT molecular complexity index is 1960. The van der Waals surface area contributed by atoms with E-state index in [2.05, 4.69) is 5.32 Å². The molecule has 2 aromatic carbocycles. The first-order valence-corrected chi connectivity index (χ1v) is 19.2. The molecule has 3 aliphatic carbocycles. The van der Waals surface area contributed by atoms with E-state index < -0.39 is 119 Å². The van der Waals surface area contributed by atoms with Gasteiger partial charge < -0.3 is 44.7 Å². The maximum atomic E-state index is 15.4. The van der Waals surface area contributed by atoms with Gasteiger partial charge in [-0.1, -0.05) is 57.2 Å². The molecule has 0 aromatic heterocycles. The van der Waals surface area contributed by atoms with Crippen molar-refractivity contribution < 1.29 is 68.1 Å². The van der Waals surface area contributed by atoms with Crippen LogP contribution in [0.15, 0.2) is 71.8 Å². The summed E-state index contributed by atoms with van der Waals surface area (Å²) in [5, 5.41) is 50.6. The second-order valence-electron chi connectivity index (χ2n) is 16.5. The predicted octanol–water partition coefficient (Wildman–Crippen LogP) is 2.61. The van der Waals surface area contributed by atoms with Gasteiger partial charge in [-0.15, -0.1) is 0 Å². The monoisotopic (exact) mass is 807 g/mol. The Kier molecular flexibility index (Phi) is 12.5. The molecule has 0 spiro atoms. The fourth-order valence-corrected chi connectivity index (χ4v) is 9.40. The first-order valence-electron chi connectivity index (χ1n) is 19.2. The third kappa shape index (κ3) is 7.44. The number of fused-ring (bicyclic) bond motifs is 3. The Labute approximate surface area is 336 Å². The normalized spacial score (nSPS) is 32.6. The van der Waals surface area contributed by atoms with Crippen LogP contribution in [0.2, 0.25) is 0 Å². The van der Waals surface area contributed by atoms with E-state index >= 15 is 4.79 Å². The molecule has 2 fully saturated rings. The molecule has 2 saturated carbocycles. The lowest BCUT2D eigenvalue weighted by atomic mass is 9.44. The Morgan fingerprint density at radius 3 is 2.00 bits per heavy atom. The third-order valence-electron chi connectivity index (χ3n) is 12.7. The summed E-state index contributed by atoms with van der Waals surface area (Å²) in [6.07, 6.45) is -9.60. The van der Waals surface area contributed by atoms with Crippen LogP contribution in [-0.2, 0) is 38.1 Å².